The van der Waals surface area contributed by atoms with Gasteiger partial charge in [0.05, 0.1) is 16.4 Å². The molecule has 1 aromatic rings. The fourth-order valence-corrected chi connectivity index (χ4v) is 4.06. The molecule has 0 bridgehead atoms. The van der Waals surface area contributed by atoms with Crippen LogP contribution in [0, 0.1) is 5.41 Å². The molecule has 1 heterocycles. The van der Waals surface area contributed by atoms with E-state index in [1.165, 1.54) is 12.8 Å². The molecule has 4 heteroatoms. The van der Waals surface area contributed by atoms with E-state index in [1.807, 2.05) is 4.68 Å². The molecular weight excluding hydrogens is 270 g/mol. The quantitative estimate of drug-likeness (QED) is 0.914. The Hall–Kier alpha value is -0.540. The summed E-state index contributed by atoms with van der Waals surface area (Å²) in [5.41, 5.74) is 9.04. The van der Waals surface area contributed by atoms with E-state index in [4.69, 9.17) is 17.3 Å². The molecule has 1 saturated carbocycles. The van der Waals surface area contributed by atoms with Gasteiger partial charge in [0.25, 0.3) is 0 Å². The SMILES string of the molecule is CCc1nn(CC)c(CC2(N)CCCC(C)(C)C2)c1Cl. The summed E-state index contributed by atoms with van der Waals surface area (Å²) >= 11 is 6.52. The zero-order valence-electron chi connectivity index (χ0n) is 13.3. The molecule has 0 amide bonds. The molecule has 1 atom stereocenters. The number of rotatable bonds is 4. The van der Waals surface area contributed by atoms with Crippen LogP contribution in [0.4, 0.5) is 0 Å². The van der Waals surface area contributed by atoms with Crippen molar-refractivity contribution in [1.82, 2.24) is 9.78 Å². The van der Waals surface area contributed by atoms with E-state index in [0.717, 1.165) is 48.6 Å². The van der Waals surface area contributed by atoms with Gasteiger partial charge in [-0.2, -0.15) is 5.10 Å². The first kappa shape index (κ1) is 15.8. The second kappa shape index (κ2) is 5.69. The highest BCUT2D eigenvalue weighted by molar-refractivity contribution is 6.31. The molecule has 2 rings (SSSR count). The molecule has 1 aliphatic rings. The first-order chi connectivity index (χ1) is 9.30. The number of aryl methyl sites for hydroxylation is 2. The second-order valence-electron chi connectivity index (χ2n) is 7.11. The van der Waals surface area contributed by atoms with Crippen molar-refractivity contribution in [3.05, 3.63) is 16.4 Å². The molecule has 0 aromatic carbocycles. The monoisotopic (exact) mass is 297 g/mol. The zero-order chi connectivity index (χ0) is 15.0. The van der Waals surface area contributed by atoms with Gasteiger partial charge in [0.1, 0.15) is 0 Å². The van der Waals surface area contributed by atoms with Gasteiger partial charge in [0.2, 0.25) is 0 Å². The smallest absolute Gasteiger partial charge is 0.0850 e. The molecule has 0 spiro atoms. The van der Waals surface area contributed by atoms with Crippen LogP contribution in [0.15, 0.2) is 0 Å². The van der Waals surface area contributed by atoms with Gasteiger partial charge >= 0.3 is 0 Å². The summed E-state index contributed by atoms with van der Waals surface area (Å²) < 4.78 is 2.04. The van der Waals surface area contributed by atoms with Crippen LogP contribution in [0.3, 0.4) is 0 Å². The predicted molar refractivity (Wildman–Crippen MR) is 85.2 cm³/mol. The summed E-state index contributed by atoms with van der Waals surface area (Å²) in [6.45, 7) is 9.71. The minimum Gasteiger partial charge on any atom is -0.325 e. The van der Waals surface area contributed by atoms with Gasteiger partial charge < -0.3 is 5.73 Å². The average Bonchev–Trinajstić information content (AvgIpc) is 2.64. The molecule has 0 radical (unpaired) electrons. The summed E-state index contributed by atoms with van der Waals surface area (Å²) in [4.78, 5) is 0. The van der Waals surface area contributed by atoms with E-state index in [0.29, 0.717) is 5.41 Å². The van der Waals surface area contributed by atoms with E-state index in [9.17, 15) is 0 Å². The molecule has 20 heavy (non-hydrogen) atoms. The average molecular weight is 298 g/mol. The lowest BCUT2D eigenvalue weighted by atomic mass is 9.67. The Morgan fingerprint density at radius 3 is 2.55 bits per heavy atom. The summed E-state index contributed by atoms with van der Waals surface area (Å²) in [6, 6.07) is 0. The topological polar surface area (TPSA) is 43.8 Å². The van der Waals surface area contributed by atoms with Crippen LogP contribution in [-0.2, 0) is 19.4 Å². The molecule has 2 N–H and O–H groups in total. The Balaban J connectivity index is 2.27. The van der Waals surface area contributed by atoms with Crippen molar-refractivity contribution in [2.24, 2.45) is 11.1 Å². The van der Waals surface area contributed by atoms with Crippen molar-refractivity contribution >= 4 is 11.6 Å². The number of hydrogen-bond donors (Lipinski definition) is 1. The van der Waals surface area contributed by atoms with Crippen molar-refractivity contribution in [2.45, 2.75) is 78.3 Å². The predicted octanol–water partition coefficient (Wildman–Crippen LogP) is 3.96. The first-order valence-corrected chi connectivity index (χ1v) is 8.21. The minimum atomic E-state index is -0.136. The summed E-state index contributed by atoms with van der Waals surface area (Å²) in [7, 11) is 0. The lowest BCUT2D eigenvalue weighted by molar-refractivity contribution is 0.149. The van der Waals surface area contributed by atoms with Crippen molar-refractivity contribution in [3.63, 3.8) is 0 Å². The maximum atomic E-state index is 6.71. The summed E-state index contributed by atoms with van der Waals surface area (Å²) in [5.74, 6) is 0. The lowest BCUT2D eigenvalue weighted by Crippen LogP contribution is -2.49. The largest absolute Gasteiger partial charge is 0.325 e. The number of aromatic nitrogens is 2. The van der Waals surface area contributed by atoms with Crippen molar-refractivity contribution in [3.8, 4) is 0 Å². The zero-order valence-corrected chi connectivity index (χ0v) is 14.1. The Bertz CT molecular complexity index is 478. The van der Waals surface area contributed by atoms with Crippen LogP contribution in [0.1, 0.15) is 64.8 Å². The highest BCUT2D eigenvalue weighted by Crippen LogP contribution is 2.42. The molecule has 0 saturated heterocycles. The van der Waals surface area contributed by atoms with Gasteiger partial charge in [-0.25, -0.2) is 0 Å². The van der Waals surface area contributed by atoms with Gasteiger partial charge in [0.15, 0.2) is 0 Å². The van der Waals surface area contributed by atoms with Crippen molar-refractivity contribution in [2.75, 3.05) is 0 Å². The third-order valence-corrected chi connectivity index (χ3v) is 5.01. The van der Waals surface area contributed by atoms with Crippen LogP contribution in [0.2, 0.25) is 5.02 Å². The normalized spacial score (nSPS) is 25.9. The van der Waals surface area contributed by atoms with Gasteiger partial charge in [0, 0.05) is 18.5 Å². The van der Waals surface area contributed by atoms with Crippen molar-refractivity contribution < 1.29 is 0 Å². The number of nitrogens with two attached hydrogens (primary N) is 1. The number of halogens is 1. The van der Waals surface area contributed by atoms with Crippen LogP contribution in [0.25, 0.3) is 0 Å². The summed E-state index contributed by atoms with van der Waals surface area (Å²) in [6.07, 6.45) is 6.35. The van der Waals surface area contributed by atoms with E-state index < -0.39 is 0 Å². The van der Waals surface area contributed by atoms with E-state index >= 15 is 0 Å². The van der Waals surface area contributed by atoms with Crippen LogP contribution in [-0.4, -0.2) is 15.3 Å². The van der Waals surface area contributed by atoms with E-state index in [-0.39, 0.29) is 5.54 Å². The van der Waals surface area contributed by atoms with Gasteiger partial charge in [-0.15, -0.1) is 0 Å². The van der Waals surface area contributed by atoms with E-state index in [2.05, 4.69) is 32.8 Å². The highest BCUT2D eigenvalue weighted by atomic mass is 35.5. The molecule has 1 aromatic heterocycles. The Morgan fingerprint density at radius 2 is 2.00 bits per heavy atom. The molecule has 1 unspecified atom stereocenters. The molecule has 1 fully saturated rings. The number of nitrogens with zero attached hydrogens (tertiary/aromatic N) is 2. The maximum Gasteiger partial charge on any atom is 0.0850 e. The standard InChI is InChI=1S/C16H28ClN3/c1-5-12-14(17)13(20(6-2)19-12)10-16(18)9-7-8-15(3,4)11-16/h5-11,18H2,1-4H3. The van der Waals surface area contributed by atoms with Crippen molar-refractivity contribution in [1.29, 1.82) is 0 Å². The minimum absolute atomic E-state index is 0.136. The fourth-order valence-electron chi connectivity index (χ4n) is 3.72. The Kier molecular flexibility index (Phi) is 4.50. The molecule has 114 valence electrons. The highest BCUT2D eigenvalue weighted by Gasteiger charge is 2.38. The van der Waals surface area contributed by atoms with Gasteiger partial charge in [-0.1, -0.05) is 38.8 Å². The molecule has 3 nitrogen and oxygen atoms in total. The third-order valence-electron chi connectivity index (χ3n) is 4.57. The van der Waals surface area contributed by atoms with E-state index in [1.54, 1.807) is 0 Å². The molecular formula is C16H28ClN3. The second-order valence-corrected chi connectivity index (χ2v) is 7.49. The van der Waals surface area contributed by atoms with Gasteiger partial charge in [-0.3, -0.25) is 4.68 Å². The first-order valence-electron chi connectivity index (χ1n) is 7.83. The number of hydrogen-bond acceptors (Lipinski definition) is 2. The van der Waals surface area contributed by atoms with Gasteiger partial charge in [-0.05, 0) is 38.0 Å². The maximum absolute atomic E-state index is 6.71. The molecule has 0 aliphatic heterocycles. The Morgan fingerprint density at radius 1 is 1.30 bits per heavy atom. The Labute approximate surface area is 127 Å². The van der Waals surface area contributed by atoms with Crippen LogP contribution < -0.4 is 5.73 Å². The lowest BCUT2D eigenvalue weighted by Gasteiger charge is -2.42. The molecule has 1 aliphatic carbocycles. The summed E-state index contributed by atoms with van der Waals surface area (Å²) in [5, 5.41) is 5.44. The van der Waals surface area contributed by atoms with Crippen LogP contribution in [0.5, 0.6) is 0 Å². The third kappa shape index (κ3) is 3.20. The fraction of sp³-hybridized carbons (Fsp3) is 0.812. The van der Waals surface area contributed by atoms with Crippen LogP contribution >= 0.6 is 11.6 Å².